The topological polar surface area (TPSA) is 37.3 Å². The molecule has 0 aliphatic heterocycles. The van der Waals surface area contributed by atoms with E-state index in [2.05, 4.69) is 0 Å². The first-order valence-electron chi connectivity index (χ1n) is 5.86. The third-order valence-electron chi connectivity index (χ3n) is 3.03. The normalized spacial score (nSPS) is 11.9. The average Bonchev–Trinajstić information content (AvgIpc) is 2.13. The van der Waals surface area contributed by atoms with Gasteiger partial charge in [-0.2, -0.15) is 0 Å². The molecular weight excluding hydrogens is 238 g/mol. The van der Waals surface area contributed by atoms with Gasteiger partial charge in [0.2, 0.25) is 0 Å². The van der Waals surface area contributed by atoms with Gasteiger partial charge < -0.3 is 5.11 Å². The average molecular weight is 256 g/mol. The summed E-state index contributed by atoms with van der Waals surface area (Å²) < 4.78 is 27.4. The van der Waals surface area contributed by atoms with E-state index < -0.39 is 23.0 Å². The lowest BCUT2D eigenvalue weighted by Crippen LogP contribution is -2.23. The van der Waals surface area contributed by atoms with E-state index in [1.165, 1.54) is 6.07 Å². The zero-order chi connectivity index (χ0) is 14.1. The van der Waals surface area contributed by atoms with Crippen molar-refractivity contribution in [3.63, 3.8) is 0 Å². The fourth-order valence-electron chi connectivity index (χ4n) is 2.00. The van der Waals surface area contributed by atoms with Crippen LogP contribution < -0.4 is 0 Å². The van der Waals surface area contributed by atoms with E-state index in [9.17, 15) is 13.6 Å². The second kappa shape index (κ2) is 5.04. The largest absolute Gasteiger partial charge is 0.481 e. The van der Waals surface area contributed by atoms with Gasteiger partial charge in [-0.3, -0.25) is 4.79 Å². The number of benzene rings is 1. The molecule has 0 fully saturated rings. The lowest BCUT2D eigenvalue weighted by Gasteiger charge is -2.25. The Bertz CT molecular complexity index is 465. The highest BCUT2D eigenvalue weighted by Gasteiger charge is 2.28. The Hall–Kier alpha value is -1.45. The maximum Gasteiger partial charge on any atom is 0.304 e. The van der Waals surface area contributed by atoms with E-state index in [4.69, 9.17) is 5.11 Å². The number of carboxylic acids is 1. The summed E-state index contributed by atoms with van der Waals surface area (Å²) >= 11 is 0. The molecule has 0 radical (unpaired) electrons. The summed E-state index contributed by atoms with van der Waals surface area (Å²) in [6.45, 7) is 6.90. The second-order valence-corrected chi connectivity index (χ2v) is 5.46. The highest BCUT2D eigenvalue weighted by atomic mass is 19.1. The first kappa shape index (κ1) is 14.6. The molecular formula is C14H18F2O2. The summed E-state index contributed by atoms with van der Waals surface area (Å²) in [5.41, 5.74) is -0.215. The Balaban J connectivity index is 3.32. The van der Waals surface area contributed by atoms with Crippen molar-refractivity contribution < 1.29 is 18.7 Å². The van der Waals surface area contributed by atoms with Gasteiger partial charge in [-0.1, -0.05) is 27.7 Å². The summed E-state index contributed by atoms with van der Waals surface area (Å²) in [6, 6.07) is 2.28. The van der Waals surface area contributed by atoms with Crippen LogP contribution in [0, 0.1) is 11.6 Å². The van der Waals surface area contributed by atoms with Crippen LogP contribution in [0.4, 0.5) is 8.78 Å². The summed E-state index contributed by atoms with van der Waals surface area (Å²) in [5.74, 6) is -2.36. The van der Waals surface area contributed by atoms with Crippen molar-refractivity contribution >= 4 is 5.97 Å². The minimum Gasteiger partial charge on any atom is -0.481 e. The molecule has 0 amide bonds. The van der Waals surface area contributed by atoms with Gasteiger partial charge in [0, 0.05) is 11.5 Å². The first-order valence-corrected chi connectivity index (χ1v) is 5.86. The molecule has 0 spiro atoms. The lowest BCUT2D eigenvalue weighted by molar-refractivity contribution is -0.138. The number of carboxylic acid groups (broad SMARTS) is 1. The molecule has 2 nitrogen and oxygen atoms in total. The van der Waals surface area contributed by atoms with Crippen LogP contribution in [0.2, 0.25) is 0 Å². The summed E-state index contributed by atoms with van der Waals surface area (Å²) in [4.78, 5) is 10.8. The van der Waals surface area contributed by atoms with Crippen LogP contribution in [0.1, 0.15) is 51.2 Å². The Kier molecular flexibility index (Phi) is 4.09. The van der Waals surface area contributed by atoms with Gasteiger partial charge in [-0.05, 0) is 23.1 Å². The van der Waals surface area contributed by atoms with Gasteiger partial charge in [0.25, 0.3) is 0 Å². The van der Waals surface area contributed by atoms with Crippen LogP contribution in [0.3, 0.4) is 0 Å². The number of aliphatic carboxylic acids is 1. The molecule has 1 rings (SSSR count). The Morgan fingerprint density at radius 3 is 2.28 bits per heavy atom. The zero-order valence-electron chi connectivity index (χ0n) is 11.1. The van der Waals surface area contributed by atoms with Crippen LogP contribution in [-0.4, -0.2) is 11.1 Å². The Labute approximate surface area is 106 Å². The highest BCUT2D eigenvalue weighted by Crippen LogP contribution is 2.32. The van der Waals surface area contributed by atoms with Crippen LogP contribution in [0.5, 0.6) is 0 Å². The van der Waals surface area contributed by atoms with Crippen molar-refractivity contribution in [2.24, 2.45) is 0 Å². The van der Waals surface area contributed by atoms with E-state index in [1.54, 1.807) is 13.8 Å². The predicted molar refractivity (Wildman–Crippen MR) is 65.7 cm³/mol. The van der Waals surface area contributed by atoms with Crippen molar-refractivity contribution in [3.05, 3.63) is 34.9 Å². The fraction of sp³-hybridized carbons (Fsp3) is 0.500. The van der Waals surface area contributed by atoms with Gasteiger partial charge >= 0.3 is 5.97 Å². The molecule has 0 bridgehead atoms. The summed E-state index contributed by atoms with van der Waals surface area (Å²) in [7, 11) is 0. The molecule has 0 aliphatic carbocycles. The Morgan fingerprint density at radius 1 is 1.28 bits per heavy atom. The molecule has 100 valence electrons. The minimum atomic E-state index is -1.00. The van der Waals surface area contributed by atoms with E-state index in [0.717, 1.165) is 6.07 Å². The maximum absolute atomic E-state index is 13.8. The summed E-state index contributed by atoms with van der Waals surface area (Å²) in [6.07, 6.45) is -0.201. The molecule has 1 aromatic rings. The molecule has 0 heterocycles. The molecule has 0 atom stereocenters. The fourth-order valence-corrected chi connectivity index (χ4v) is 2.00. The molecule has 4 heteroatoms. The van der Waals surface area contributed by atoms with Crippen molar-refractivity contribution in [1.29, 1.82) is 0 Å². The first-order chi connectivity index (χ1) is 8.15. The minimum absolute atomic E-state index is 0.0787. The molecule has 18 heavy (non-hydrogen) atoms. The standard InChI is InChI=1S/C14H18F2O2/c1-8(2)9-5-10(12(16)6-11(9)15)14(3,4)7-13(17)18/h5-6,8H,7H2,1-4H3,(H,17,18). The molecule has 0 saturated heterocycles. The van der Waals surface area contributed by atoms with Crippen LogP contribution in [0.25, 0.3) is 0 Å². The summed E-state index contributed by atoms with van der Waals surface area (Å²) in [5, 5.41) is 8.84. The number of rotatable bonds is 4. The predicted octanol–water partition coefficient (Wildman–Crippen LogP) is 3.84. The molecule has 1 N–H and O–H groups in total. The smallest absolute Gasteiger partial charge is 0.304 e. The van der Waals surface area contributed by atoms with Crippen LogP contribution >= 0.6 is 0 Å². The molecule has 0 aromatic heterocycles. The van der Waals surface area contributed by atoms with Crippen molar-refractivity contribution in [1.82, 2.24) is 0 Å². The lowest BCUT2D eigenvalue weighted by atomic mass is 9.79. The van der Waals surface area contributed by atoms with E-state index in [1.807, 2.05) is 13.8 Å². The molecule has 0 aliphatic rings. The molecule has 0 unspecified atom stereocenters. The van der Waals surface area contributed by atoms with Gasteiger partial charge in [-0.15, -0.1) is 0 Å². The number of hydrogen-bond acceptors (Lipinski definition) is 1. The number of carbonyl (C=O) groups is 1. The molecule has 0 saturated carbocycles. The van der Waals surface area contributed by atoms with Crippen molar-refractivity contribution in [2.45, 2.75) is 45.4 Å². The van der Waals surface area contributed by atoms with Gasteiger partial charge in [0.15, 0.2) is 0 Å². The monoisotopic (exact) mass is 256 g/mol. The van der Waals surface area contributed by atoms with E-state index in [-0.39, 0.29) is 17.9 Å². The molecule has 1 aromatic carbocycles. The van der Waals surface area contributed by atoms with Gasteiger partial charge in [0.05, 0.1) is 6.42 Å². The van der Waals surface area contributed by atoms with E-state index in [0.29, 0.717) is 5.56 Å². The number of halogens is 2. The quantitative estimate of drug-likeness (QED) is 0.888. The Morgan fingerprint density at radius 2 is 1.83 bits per heavy atom. The zero-order valence-corrected chi connectivity index (χ0v) is 11.1. The van der Waals surface area contributed by atoms with Crippen LogP contribution in [-0.2, 0) is 10.2 Å². The highest BCUT2D eigenvalue weighted by molar-refractivity contribution is 5.69. The second-order valence-electron chi connectivity index (χ2n) is 5.46. The van der Waals surface area contributed by atoms with Crippen LogP contribution in [0.15, 0.2) is 12.1 Å². The van der Waals surface area contributed by atoms with Gasteiger partial charge in [-0.25, -0.2) is 8.78 Å². The van der Waals surface area contributed by atoms with E-state index >= 15 is 0 Å². The third kappa shape index (κ3) is 3.06. The van der Waals surface area contributed by atoms with Gasteiger partial charge in [0.1, 0.15) is 11.6 Å². The SMILES string of the molecule is CC(C)c1cc(C(C)(C)CC(=O)O)c(F)cc1F. The van der Waals surface area contributed by atoms with Crippen molar-refractivity contribution in [2.75, 3.05) is 0 Å². The van der Waals surface area contributed by atoms with Crippen molar-refractivity contribution in [3.8, 4) is 0 Å². The number of hydrogen-bond donors (Lipinski definition) is 1. The maximum atomic E-state index is 13.8. The third-order valence-corrected chi connectivity index (χ3v) is 3.03.